The molecular weight excluding hydrogens is 350 g/mol. The van der Waals surface area contributed by atoms with Crippen molar-refractivity contribution in [2.75, 3.05) is 32.1 Å². The van der Waals surface area contributed by atoms with Gasteiger partial charge < -0.3 is 20.1 Å². The maximum absolute atomic E-state index is 5.45. The number of hydrogen-bond donors (Lipinski definition) is 2. The molecule has 0 spiro atoms. The number of nitrogens with one attached hydrogen (secondary N) is 2. The predicted octanol–water partition coefficient (Wildman–Crippen LogP) is 4.16. The first kappa shape index (κ1) is 21.8. The average Bonchev–Trinajstić information content (AvgIpc) is 3.20. The highest BCUT2D eigenvalue weighted by molar-refractivity contribution is 5.79. The van der Waals surface area contributed by atoms with Crippen LogP contribution in [0.1, 0.15) is 56.9 Å². The molecule has 0 unspecified atom stereocenters. The number of hydrogen-bond acceptors (Lipinski definition) is 4. The molecule has 0 aliphatic heterocycles. The topological polar surface area (TPSA) is 65.7 Å². The van der Waals surface area contributed by atoms with E-state index in [0.717, 1.165) is 56.2 Å². The second kappa shape index (κ2) is 12.1. The summed E-state index contributed by atoms with van der Waals surface area (Å²) in [7, 11) is 3.92. The molecule has 6 heteroatoms. The van der Waals surface area contributed by atoms with Crippen molar-refractivity contribution in [2.45, 2.75) is 52.0 Å². The Hall–Kier alpha value is -2.50. The summed E-state index contributed by atoms with van der Waals surface area (Å²) in [6, 6.07) is 12.5. The van der Waals surface area contributed by atoms with Crippen LogP contribution in [-0.2, 0) is 6.54 Å². The molecule has 0 amide bonds. The van der Waals surface area contributed by atoms with Crippen LogP contribution in [0.15, 0.2) is 45.9 Å². The lowest BCUT2D eigenvalue weighted by Gasteiger charge is -2.19. The molecule has 0 saturated heterocycles. The van der Waals surface area contributed by atoms with E-state index >= 15 is 0 Å². The lowest BCUT2D eigenvalue weighted by molar-refractivity contribution is 0.368. The van der Waals surface area contributed by atoms with Gasteiger partial charge in [-0.25, -0.2) is 0 Å². The number of benzene rings is 1. The first-order valence-corrected chi connectivity index (χ1v) is 10.3. The van der Waals surface area contributed by atoms with Crippen molar-refractivity contribution in [1.82, 2.24) is 15.8 Å². The normalized spacial score (nSPS) is 11.7. The Bertz CT molecular complexity index is 694. The fourth-order valence-corrected chi connectivity index (χ4v) is 3.20. The Kier molecular flexibility index (Phi) is 9.39. The molecule has 2 N–H and O–H groups in total. The Labute approximate surface area is 169 Å². The molecule has 28 heavy (non-hydrogen) atoms. The SMILES string of the molecule is CCC(CC)c1cc(CNC(=NC)NCCCCN(C)c2ccccc2)on1. The molecule has 0 bridgehead atoms. The number of rotatable bonds is 11. The molecule has 0 saturated carbocycles. The molecular formula is C22H35N5O. The van der Waals surface area contributed by atoms with Gasteiger partial charge in [0.15, 0.2) is 11.7 Å². The monoisotopic (exact) mass is 385 g/mol. The highest BCUT2D eigenvalue weighted by atomic mass is 16.5. The van der Waals surface area contributed by atoms with Gasteiger partial charge in [-0.05, 0) is 37.8 Å². The fraction of sp³-hybridized carbons (Fsp3) is 0.545. The summed E-state index contributed by atoms with van der Waals surface area (Å²) in [6.45, 7) is 6.88. The van der Waals surface area contributed by atoms with E-state index in [4.69, 9.17) is 4.52 Å². The zero-order valence-corrected chi connectivity index (χ0v) is 17.7. The van der Waals surface area contributed by atoms with Crippen molar-refractivity contribution in [3.05, 3.63) is 47.9 Å². The highest BCUT2D eigenvalue weighted by Crippen LogP contribution is 2.22. The van der Waals surface area contributed by atoms with Crippen molar-refractivity contribution in [1.29, 1.82) is 0 Å². The lowest BCUT2D eigenvalue weighted by atomic mass is 9.99. The van der Waals surface area contributed by atoms with E-state index in [1.165, 1.54) is 5.69 Å². The summed E-state index contributed by atoms with van der Waals surface area (Å²) in [4.78, 5) is 6.57. The molecule has 0 aliphatic rings. The zero-order chi connectivity index (χ0) is 20.2. The third-order valence-electron chi connectivity index (χ3n) is 5.04. The Morgan fingerprint density at radius 1 is 1.14 bits per heavy atom. The number of para-hydroxylation sites is 1. The lowest BCUT2D eigenvalue weighted by Crippen LogP contribution is -2.37. The minimum atomic E-state index is 0.476. The maximum atomic E-state index is 5.45. The van der Waals surface area contributed by atoms with Gasteiger partial charge in [-0.2, -0.15) is 0 Å². The second-order valence-electron chi connectivity index (χ2n) is 7.05. The van der Waals surface area contributed by atoms with Crippen LogP contribution in [0.25, 0.3) is 0 Å². The van der Waals surface area contributed by atoms with E-state index in [1.54, 1.807) is 7.05 Å². The molecule has 1 aromatic heterocycles. The van der Waals surface area contributed by atoms with Crippen LogP contribution in [0.4, 0.5) is 5.69 Å². The van der Waals surface area contributed by atoms with E-state index in [-0.39, 0.29) is 0 Å². The molecule has 6 nitrogen and oxygen atoms in total. The summed E-state index contributed by atoms with van der Waals surface area (Å²) < 4.78 is 5.45. The van der Waals surface area contributed by atoms with Gasteiger partial charge in [0.05, 0.1) is 12.2 Å². The molecule has 0 atom stereocenters. The van der Waals surface area contributed by atoms with Crippen LogP contribution < -0.4 is 15.5 Å². The van der Waals surface area contributed by atoms with Crippen molar-refractivity contribution >= 4 is 11.6 Å². The summed E-state index contributed by atoms with van der Waals surface area (Å²) >= 11 is 0. The standard InChI is InChI=1S/C22H35N5O/c1-5-18(6-2)21-16-20(28-26-21)17-25-22(23-3)24-14-10-11-15-27(4)19-12-8-7-9-13-19/h7-9,12-13,16,18H,5-6,10-11,14-15,17H2,1-4H3,(H2,23,24,25). The van der Waals surface area contributed by atoms with E-state index in [2.05, 4.69) is 76.9 Å². The smallest absolute Gasteiger partial charge is 0.191 e. The van der Waals surface area contributed by atoms with Gasteiger partial charge in [-0.15, -0.1) is 0 Å². The predicted molar refractivity (Wildman–Crippen MR) is 117 cm³/mol. The van der Waals surface area contributed by atoms with Gasteiger partial charge in [-0.1, -0.05) is 37.2 Å². The quantitative estimate of drug-likeness (QED) is 0.345. The van der Waals surface area contributed by atoms with Gasteiger partial charge >= 0.3 is 0 Å². The minimum Gasteiger partial charge on any atom is -0.375 e. The molecule has 0 aliphatic carbocycles. The van der Waals surface area contributed by atoms with Gasteiger partial charge in [0, 0.05) is 44.9 Å². The summed E-state index contributed by atoms with van der Waals surface area (Å²) in [6.07, 6.45) is 4.37. The van der Waals surface area contributed by atoms with Crippen LogP contribution in [0.2, 0.25) is 0 Å². The van der Waals surface area contributed by atoms with Crippen molar-refractivity contribution < 1.29 is 4.52 Å². The average molecular weight is 386 g/mol. The van der Waals surface area contributed by atoms with Crippen molar-refractivity contribution in [3.8, 4) is 0 Å². The molecule has 2 aromatic rings. The Morgan fingerprint density at radius 2 is 1.89 bits per heavy atom. The van der Waals surface area contributed by atoms with Crippen LogP contribution in [0, 0.1) is 0 Å². The van der Waals surface area contributed by atoms with Crippen LogP contribution in [0.3, 0.4) is 0 Å². The molecule has 1 heterocycles. The van der Waals surface area contributed by atoms with Gasteiger partial charge in [-0.3, -0.25) is 4.99 Å². The maximum Gasteiger partial charge on any atom is 0.191 e. The third-order valence-corrected chi connectivity index (χ3v) is 5.04. The number of aliphatic imine (C=N–C) groups is 1. The van der Waals surface area contributed by atoms with E-state index in [0.29, 0.717) is 12.5 Å². The summed E-state index contributed by atoms with van der Waals surface area (Å²) in [5.74, 6) is 2.11. The second-order valence-corrected chi connectivity index (χ2v) is 7.05. The third kappa shape index (κ3) is 6.91. The highest BCUT2D eigenvalue weighted by Gasteiger charge is 2.13. The number of nitrogens with zero attached hydrogens (tertiary/aromatic N) is 3. The van der Waals surface area contributed by atoms with Crippen molar-refractivity contribution in [2.24, 2.45) is 4.99 Å². The van der Waals surface area contributed by atoms with Crippen LogP contribution >= 0.6 is 0 Å². The Morgan fingerprint density at radius 3 is 2.57 bits per heavy atom. The van der Waals surface area contributed by atoms with E-state index in [9.17, 15) is 0 Å². The minimum absolute atomic E-state index is 0.476. The number of unbranched alkanes of at least 4 members (excludes halogenated alkanes) is 1. The molecule has 0 radical (unpaired) electrons. The van der Waals surface area contributed by atoms with E-state index in [1.807, 2.05) is 6.07 Å². The Balaban J connectivity index is 1.65. The zero-order valence-electron chi connectivity index (χ0n) is 17.7. The van der Waals surface area contributed by atoms with Gasteiger partial charge in [0.25, 0.3) is 0 Å². The number of anilines is 1. The van der Waals surface area contributed by atoms with Crippen molar-refractivity contribution in [3.63, 3.8) is 0 Å². The van der Waals surface area contributed by atoms with E-state index < -0.39 is 0 Å². The van der Waals surface area contributed by atoms with Gasteiger partial charge in [0.2, 0.25) is 0 Å². The van der Waals surface area contributed by atoms with Gasteiger partial charge in [0.1, 0.15) is 0 Å². The molecule has 0 fully saturated rings. The summed E-state index contributed by atoms with van der Waals surface area (Å²) in [5, 5.41) is 10.9. The first-order valence-electron chi connectivity index (χ1n) is 10.3. The largest absolute Gasteiger partial charge is 0.375 e. The first-order chi connectivity index (χ1) is 13.7. The molecule has 2 rings (SSSR count). The fourth-order valence-electron chi connectivity index (χ4n) is 3.20. The number of aromatic nitrogens is 1. The summed E-state index contributed by atoms with van der Waals surface area (Å²) in [5.41, 5.74) is 2.31. The number of guanidine groups is 1. The molecule has 154 valence electrons. The molecule has 1 aromatic carbocycles. The van der Waals surface area contributed by atoms with Crippen LogP contribution in [0.5, 0.6) is 0 Å². The van der Waals surface area contributed by atoms with Crippen LogP contribution in [-0.4, -0.2) is 38.3 Å².